The second kappa shape index (κ2) is 40.8. The van der Waals surface area contributed by atoms with Gasteiger partial charge in [0.2, 0.25) is 59.1 Å². The Morgan fingerprint density at radius 2 is 1.25 bits per heavy atom. The Hall–Kier alpha value is -12.8. The van der Waals surface area contributed by atoms with Crippen molar-refractivity contribution < 1.29 is 97.0 Å². The zero-order valence-electron chi connectivity index (χ0n) is 64.9. The van der Waals surface area contributed by atoms with Gasteiger partial charge in [0.25, 0.3) is 5.91 Å². The Kier molecular flexibility index (Phi) is 31.2. The fraction of sp³-hybridized carbons (Fsp3) is 0.400. The molecule has 11 amide bonds. The van der Waals surface area contributed by atoms with Crippen LogP contribution >= 0.6 is 0 Å². The lowest BCUT2D eigenvalue weighted by Gasteiger charge is -2.36. The molecule has 1 aliphatic heterocycles. The SMILES string of the molecule is CCc1cc(O)ccc1-c1ccc(C[C@H](NC(=O)[C@H](CC(=O)O)NC(=O)[C@H](Cc2cnc[nH]2)NC(=O)[C@@H](NC(=O)[C@@](C)(Cc2ccccc2F)NC(=O)[C@@H](NC(=O)CNC(=O)[C@H](CCC(=O)O)NC(=O)[C@]2(C)CCCN2C(=O)[C@H](Cc2cnc[nH]2)OC)[C@@H](C)O)[C@@H](C)O)C(=O)N[C@@H](Cc2cnccc2-c2ccccc2C)C(N)=O)cc1. The minimum atomic E-state index is -2.42. The van der Waals surface area contributed by atoms with Crippen LogP contribution in [0.2, 0.25) is 0 Å². The van der Waals surface area contributed by atoms with Crippen LogP contribution < -0.4 is 53.6 Å². The molecule has 36 heteroatoms. The van der Waals surface area contributed by atoms with Crippen LogP contribution in [0.25, 0.3) is 22.3 Å². The fourth-order valence-corrected chi connectivity index (χ4v) is 13.5. The van der Waals surface area contributed by atoms with Crippen molar-refractivity contribution in [2.45, 2.75) is 184 Å². The number of carbonyl (C=O) groups excluding carboxylic acids is 11. The van der Waals surface area contributed by atoms with Gasteiger partial charge in [-0.2, -0.15) is 0 Å². The highest BCUT2D eigenvalue weighted by Crippen LogP contribution is 2.33. The summed E-state index contributed by atoms with van der Waals surface area (Å²) in [7, 11) is 1.32. The molecule has 7 aromatic rings. The van der Waals surface area contributed by atoms with Crippen LogP contribution in [0, 0.1) is 12.7 Å². The first-order chi connectivity index (χ1) is 55.1. The molecule has 8 rings (SSSR count). The lowest BCUT2D eigenvalue weighted by molar-refractivity contribution is -0.152. The minimum absolute atomic E-state index is 0.0598. The Morgan fingerprint density at radius 3 is 1.86 bits per heavy atom. The zero-order chi connectivity index (χ0) is 84.7. The van der Waals surface area contributed by atoms with Crippen molar-refractivity contribution in [3.8, 4) is 28.0 Å². The molecule has 1 aliphatic rings. The summed E-state index contributed by atoms with van der Waals surface area (Å²) < 4.78 is 21.2. The Morgan fingerprint density at radius 1 is 0.638 bits per heavy atom. The molecule has 4 aromatic carbocycles. The normalized spacial score (nSPS) is 16.3. The highest BCUT2D eigenvalue weighted by molar-refractivity contribution is 6.01. The molecule has 35 nitrogen and oxygen atoms in total. The van der Waals surface area contributed by atoms with E-state index < -0.39 is 193 Å². The number of phenols is 1. The van der Waals surface area contributed by atoms with Gasteiger partial charge < -0.3 is 98.7 Å². The number of ether oxygens (including phenoxy) is 1. The molecule has 1 saturated heterocycles. The molecule has 0 bridgehead atoms. The summed E-state index contributed by atoms with van der Waals surface area (Å²) >= 11 is 0. The number of nitrogens with one attached hydrogen (secondary N) is 11. The van der Waals surface area contributed by atoms with Gasteiger partial charge in [-0.15, -0.1) is 0 Å². The lowest BCUT2D eigenvalue weighted by Crippen LogP contribution is -2.67. The minimum Gasteiger partial charge on any atom is -0.508 e. The third-order valence-electron chi connectivity index (χ3n) is 20.0. The summed E-state index contributed by atoms with van der Waals surface area (Å²) in [6.45, 7) is 7.60. The van der Waals surface area contributed by atoms with E-state index in [4.69, 9.17) is 10.5 Å². The van der Waals surface area contributed by atoms with E-state index in [0.29, 0.717) is 35.2 Å². The summed E-state index contributed by atoms with van der Waals surface area (Å²) in [6.07, 6.45) is 0.788. The van der Waals surface area contributed by atoms with Crippen molar-refractivity contribution in [3.63, 3.8) is 0 Å². The first-order valence-corrected chi connectivity index (χ1v) is 37.4. The van der Waals surface area contributed by atoms with Gasteiger partial charge in [-0.25, -0.2) is 14.4 Å². The molecule has 18 N–H and O–H groups in total. The van der Waals surface area contributed by atoms with E-state index in [1.54, 1.807) is 48.7 Å². The first kappa shape index (κ1) is 88.7. The highest BCUT2D eigenvalue weighted by atomic mass is 19.1. The van der Waals surface area contributed by atoms with Crippen molar-refractivity contribution >= 4 is 76.9 Å². The summed E-state index contributed by atoms with van der Waals surface area (Å²) in [4.78, 5) is 201. The maximum absolute atomic E-state index is 15.7. The number of aromatic nitrogens is 5. The quantitative estimate of drug-likeness (QED) is 0.0247. The molecule has 4 heterocycles. The van der Waals surface area contributed by atoms with Gasteiger partial charge in [-0.3, -0.25) is 67.3 Å². The van der Waals surface area contributed by atoms with Crippen molar-refractivity contribution in [2.24, 2.45) is 5.73 Å². The second-order valence-electron chi connectivity index (χ2n) is 28.8. The number of carbonyl (C=O) groups is 13. The number of primary amides is 1. The maximum atomic E-state index is 15.7. The van der Waals surface area contributed by atoms with Crippen molar-refractivity contribution in [2.75, 3.05) is 20.2 Å². The van der Waals surface area contributed by atoms with E-state index in [9.17, 15) is 87.9 Å². The number of aliphatic hydroxyl groups excluding tert-OH is 2. The van der Waals surface area contributed by atoms with Crippen LogP contribution in [0.1, 0.15) is 106 Å². The van der Waals surface area contributed by atoms with Crippen molar-refractivity contribution in [1.29, 1.82) is 0 Å². The topological polar surface area (TPSA) is 540 Å². The number of nitrogens with zero attached hydrogens (tertiary/aromatic N) is 4. The Labute approximate surface area is 666 Å². The van der Waals surface area contributed by atoms with E-state index in [0.717, 1.165) is 54.7 Å². The molecule has 3 aromatic heterocycles. The van der Waals surface area contributed by atoms with E-state index in [-0.39, 0.29) is 49.2 Å². The standard InChI is InChI=1S/C80H97FN16O19/c1-8-47-31-53(100)22-23-55(47)48-20-18-46(19-21-48)30-60(71(108)89-59(69(82)106)32-50-37-83-28-26-56(50)54-16-11-9-14-43(54)2)90-73(110)62(35-66(104)105)91-72(109)61(33-51-38-84-41-87-51)92-74(111)67(44(3)98)95-77(114)79(5,36-49-15-10-12-17-57(49)81)96-75(112)68(45(4)99)94-64(101)40-86-70(107)58(24-25-65(102)103)93-78(115)80(6)27-13-29-97(80)76(113)63(116-7)34-52-39-85-42-88-52/h9-12,14-23,26,28,31,37-39,41-42,44-45,58-63,67-68,98-100H,8,13,24-25,27,29-30,32-36,40H2,1-7H3,(H2,82,106)(H,84,87)(H,85,88)(H,86,107)(H,89,108)(H,90,110)(H,91,109)(H,92,111)(H,93,115)(H,94,101)(H,95,114)(H,96,112)(H,102,103)(H,104,105)/t44-,45-,58+,59+,60+,61+,62+,63+,67+,68+,79-,80+/m1/s1. The molecule has 0 spiro atoms. The number of H-pyrrole nitrogens is 2. The summed E-state index contributed by atoms with van der Waals surface area (Å²) in [6, 6.07) is 13.1. The number of aromatic hydroxyl groups is 1. The summed E-state index contributed by atoms with van der Waals surface area (Å²) in [5.41, 5.74) is 8.16. The lowest BCUT2D eigenvalue weighted by atomic mass is 9.90. The molecule has 0 saturated carbocycles. The zero-order valence-corrected chi connectivity index (χ0v) is 64.9. The van der Waals surface area contributed by atoms with Gasteiger partial charge in [-0.05, 0) is 135 Å². The average Bonchev–Trinajstić information content (AvgIpc) is 1.56. The number of methoxy groups -OCH3 is 1. The van der Waals surface area contributed by atoms with Crippen molar-refractivity contribution in [3.05, 3.63) is 180 Å². The molecule has 12 atom stereocenters. The maximum Gasteiger partial charge on any atom is 0.305 e. The predicted octanol–water partition coefficient (Wildman–Crippen LogP) is 0.458. The first-order valence-electron chi connectivity index (χ1n) is 37.4. The van der Waals surface area contributed by atoms with E-state index in [1.165, 1.54) is 74.4 Å². The Balaban J connectivity index is 0.994. The van der Waals surface area contributed by atoms with Gasteiger partial charge in [0.05, 0.1) is 37.8 Å². The number of imidazole rings is 2. The summed E-state index contributed by atoms with van der Waals surface area (Å²) in [5.74, 6) is -15.9. The van der Waals surface area contributed by atoms with E-state index in [1.807, 2.05) is 38.1 Å². The number of nitrogens with two attached hydrogens (primary N) is 1. The third kappa shape index (κ3) is 23.9. The second-order valence-corrected chi connectivity index (χ2v) is 28.8. The number of phenolic OH excluding ortho intramolecular Hbond substituents is 1. The van der Waals surface area contributed by atoms with Crippen LogP contribution in [0.5, 0.6) is 5.75 Å². The van der Waals surface area contributed by atoms with E-state index >= 15 is 4.39 Å². The van der Waals surface area contributed by atoms with Crippen LogP contribution in [-0.4, -0.2) is 224 Å². The van der Waals surface area contributed by atoms with Gasteiger partial charge in [-0.1, -0.05) is 79.7 Å². The fourth-order valence-electron chi connectivity index (χ4n) is 13.5. The van der Waals surface area contributed by atoms with E-state index in [2.05, 4.69) is 72.8 Å². The number of aromatic amines is 2. The number of hydrogen-bond donors (Lipinski definition) is 17. The molecular weight excluding hydrogens is 1510 g/mol. The van der Waals surface area contributed by atoms with Crippen LogP contribution in [0.4, 0.5) is 4.39 Å². The number of halogens is 1. The molecule has 0 unspecified atom stereocenters. The monoisotopic (exact) mass is 1600 g/mol. The number of amides is 11. The van der Waals surface area contributed by atoms with Crippen LogP contribution in [0.3, 0.4) is 0 Å². The van der Waals surface area contributed by atoms with Crippen molar-refractivity contribution in [1.82, 2.24) is 77.7 Å². The molecule has 116 heavy (non-hydrogen) atoms. The molecule has 0 radical (unpaired) electrons. The number of carboxylic acid groups (broad SMARTS) is 2. The molecular formula is C80H97FN16O19. The largest absolute Gasteiger partial charge is 0.508 e. The third-order valence-corrected chi connectivity index (χ3v) is 20.0. The highest BCUT2D eigenvalue weighted by Gasteiger charge is 2.49. The number of aryl methyl sites for hydroxylation is 2. The Bertz CT molecular complexity index is 4680. The number of hydrogen-bond acceptors (Lipinski definition) is 20. The molecule has 0 aliphatic carbocycles. The smallest absolute Gasteiger partial charge is 0.305 e. The number of carboxylic acids is 2. The average molecular weight is 1610 g/mol. The number of benzene rings is 4. The molecule has 1 fully saturated rings. The predicted molar refractivity (Wildman–Crippen MR) is 414 cm³/mol. The van der Waals surface area contributed by atoms with Crippen LogP contribution in [-0.2, 0) is 106 Å². The number of aliphatic carboxylic acids is 2. The molecule has 618 valence electrons. The van der Waals surface area contributed by atoms with Gasteiger partial charge in [0.1, 0.15) is 71.0 Å². The number of rotatable bonds is 41. The number of aliphatic hydroxyl groups is 2. The van der Waals surface area contributed by atoms with Gasteiger partial charge >= 0.3 is 11.9 Å². The van der Waals surface area contributed by atoms with Gasteiger partial charge in [0, 0.05) is 88.4 Å². The number of likely N-dealkylation sites (tertiary alicyclic amines) is 1. The number of pyridine rings is 1. The summed E-state index contributed by atoms with van der Waals surface area (Å²) in [5, 5.41) is 74.2. The van der Waals surface area contributed by atoms with Crippen LogP contribution in [0.15, 0.2) is 135 Å². The van der Waals surface area contributed by atoms with Gasteiger partial charge in [0.15, 0.2) is 0 Å².